The summed E-state index contributed by atoms with van der Waals surface area (Å²) in [6.45, 7) is -0.984. The molecule has 0 radical (unpaired) electrons. The van der Waals surface area contributed by atoms with Gasteiger partial charge in [-0.3, -0.25) is 4.79 Å². The molecule has 1 amide bonds. The summed E-state index contributed by atoms with van der Waals surface area (Å²) in [5.74, 6) is -2.59. The predicted octanol–water partition coefficient (Wildman–Crippen LogP) is 0.0760. The Hall–Kier alpha value is -1.17. The molecule has 11 heteroatoms. The smallest absolute Gasteiger partial charge is 0.277 e. The second kappa shape index (κ2) is 7.16. The van der Waals surface area contributed by atoms with Crippen LogP contribution in [0.4, 0.5) is 8.78 Å². The van der Waals surface area contributed by atoms with Crippen molar-refractivity contribution in [3.63, 3.8) is 0 Å². The summed E-state index contributed by atoms with van der Waals surface area (Å²) < 4.78 is 52.2. The normalized spacial score (nSPS) is 17.2. The number of nitrogens with two attached hydrogens (primary N) is 1. The zero-order chi connectivity index (χ0) is 17.1. The van der Waals surface area contributed by atoms with E-state index in [0.717, 1.165) is 6.07 Å². The summed E-state index contributed by atoms with van der Waals surface area (Å²) in [5.41, 5.74) is 4.78. The first-order chi connectivity index (χ1) is 10.8. The molecule has 2 heterocycles. The number of aromatic nitrogens is 1. The van der Waals surface area contributed by atoms with Crippen LogP contribution in [0.2, 0.25) is 0 Å². The minimum atomic E-state index is -3.68. The SMILES string of the molecule is NCC(F)(F)CNC(=O)c1cc(S(=O)(=O)N2CCSCC2)c[nH]1. The Morgan fingerprint density at radius 3 is 2.70 bits per heavy atom. The fourth-order valence-corrected chi connectivity index (χ4v) is 4.54. The van der Waals surface area contributed by atoms with Crippen LogP contribution in [-0.2, 0) is 10.0 Å². The molecule has 130 valence electrons. The number of hydrogen-bond acceptors (Lipinski definition) is 5. The van der Waals surface area contributed by atoms with Gasteiger partial charge >= 0.3 is 0 Å². The third kappa shape index (κ3) is 4.43. The van der Waals surface area contributed by atoms with Gasteiger partial charge in [0.1, 0.15) is 10.6 Å². The first kappa shape index (κ1) is 18.2. The lowest BCUT2D eigenvalue weighted by Gasteiger charge is -2.24. The number of H-pyrrole nitrogens is 1. The molecular weight excluding hydrogens is 350 g/mol. The maximum Gasteiger partial charge on any atom is 0.277 e. The Kier molecular flexibility index (Phi) is 5.65. The molecule has 1 aromatic rings. The Morgan fingerprint density at radius 1 is 1.43 bits per heavy atom. The maximum atomic E-state index is 13.0. The van der Waals surface area contributed by atoms with Crippen molar-refractivity contribution in [2.45, 2.75) is 10.8 Å². The predicted molar refractivity (Wildman–Crippen MR) is 83.2 cm³/mol. The number of carbonyl (C=O) groups is 1. The molecule has 1 aliphatic rings. The van der Waals surface area contributed by atoms with Crippen LogP contribution in [0.15, 0.2) is 17.2 Å². The fourth-order valence-electron chi connectivity index (χ4n) is 1.97. The van der Waals surface area contributed by atoms with Gasteiger partial charge < -0.3 is 16.0 Å². The third-order valence-corrected chi connectivity index (χ3v) is 6.13. The van der Waals surface area contributed by atoms with Gasteiger partial charge in [-0.2, -0.15) is 16.1 Å². The van der Waals surface area contributed by atoms with E-state index in [2.05, 4.69) is 4.98 Å². The summed E-state index contributed by atoms with van der Waals surface area (Å²) in [6, 6.07) is 1.15. The van der Waals surface area contributed by atoms with E-state index in [1.54, 1.807) is 11.8 Å². The number of rotatable bonds is 6. The molecule has 0 saturated carbocycles. The first-order valence-electron chi connectivity index (χ1n) is 6.89. The highest BCUT2D eigenvalue weighted by molar-refractivity contribution is 7.99. The largest absolute Gasteiger partial charge is 0.356 e. The van der Waals surface area contributed by atoms with Gasteiger partial charge in [0, 0.05) is 30.8 Å². The summed E-state index contributed by atoms with van der Waals surface area (Å²) >= 11 is 1.67. The third-order valence-electron chi connectivity index (χ3n) is 3.32. The summed E-state index contributed by atoms with van der Waals surface area (Å²) in [5, 5.41) is 2.02. The number of carbonyl (C=O) groups excluding carboxylic acids is 1. The lowest BCUT2D eigenvalue weighted by atomic mass is 10.3. The van der Waals surface area contributed by atoms with Gasteiger partial charge in [-0.05, 0) is 6.07 Å². The van der Waals surface area contributed by atoms with Crippen LogP contribution < -0.4 is 11.1 Å². The van der Waals surface area contributed by atoms with Crippen LogP contribution in [0.25, 0.3) is 0 Å². The number of aromatic amines is 1. The lowest BCUT2D eigenvalue weighted by molar-refractivity contribution is 0.0118. The van der Waals surface area contributed by atoms with E-state index in [1.165, 1.54) is 10.5 Å². The first-order valence-corrected chi connectivity index (χ1v) is 9.48. The summed E-state index contributed by atoms with van der Waals surface area (Å²) in [4.78, 5) is 14.2. The van der Waals surface area contributed by atoms with Crippen molar-refractivity contribution < 1.29 is 22.0 Å². The molecule has 1 fully saturated rings. The average molecular weight is 368 g/mol. The van der Waals surface area contributed by atoms with Gasteiger partial charge in [0.15, 0.2) is 0 Å². The molecule has 0 bridgehead atoms. The number of hydrogen-bond donors (Lipinski definition) is 3. The number of nitrogens with one attached hydrogen (secondary N) is 2. The van der Waals surface area contributed by atoms with E-state index in [9.17, 15) is 22.0 Å². The molecule has 1 saturated heterocycles. The molecule has 0 aromatic carbocycles. The molecule has 1 aromatic heterocycles. The number of thioether (sulfide) groups is 1. The standard InChI is InChI=1S/C12H18F2N4O3S2/c13-12(14,7-15)8-17-11(19)10-5-9(6-16-10)23(20,21)18-1-3-22-4-2-18/h5-6,16H,1-4,7-8,15H2,(H,17,19). The Labute approximate surface area is 137 Å². The van der Waals surface area contributed by atoms with Gasteiger partial charge in [-0.15, -0.1) is 0 Å². The highest BCUT2D eigenvalue weighted by Gasteiger charge is 2.29. The van der Waals surface area contributed by atoms with Crippen LogP contribution in [0.1, 0.15) is 10.5 Å². The van der Waals surface area contributed by atoms with Gasteiger partial charge in [-0.1, -0.05) is 0 Å². The van der Waals surface area contributed by atoms with E-state index >= 15 is 0 Å². The Bertz CT molecular complexity index is 657. The van der Waals surface area contributed by atoms with E-state index in [4.69, 9.17) is 5.73 Å². The van der Waals surface area contributed by atoms with Gasteiger partial charge in [0.2, 0.25) is 10.0 Å². The fraction of sp³-hybridized carbons (Fsp3) is 0.583. The van der Waals surface area contributed by atoms with Crippen molar-refractivity contribution in [2.24, 2.45) is 5.73 Å². The quantitative estimate of drug-likeness (QED) is 0.659. The minimum Gasteiger partial charge on any atom is -0.356 e. The summed E-state index contributed by atoms with van der Waals surface area (Å²) in [7, 11) is -3.68. The monoisotopic (exact) mass is 368 g/mol. The zero-order valence-corrected chi connectivity index (χ0v) is 13.9. The number of halogens is 2. The second-order valence-corrected chi connectivity index (χ2v) is 8.17. The molecular formula is C12H18F2N4O3S2. The van der Waals surface area contributed by atoms with E-state index in [1.807, 2.05) is 5.32 Å². The molecule has 2 rings (SSSR count). The summed E-state index contributed by atoms with van der Waals surface area (Å²) in [6.07, 6.45) is 1.19. The van der Waals surface area contributed by atoms with Crippen LogP contribution in [0.5, 0.6) is 0 Å². The molecule has 0 atom stereocenters. The van der Waals surface area contributed by atoms with E-state index in [0.29, 0.717) is 24.6 Å². The van der Waals surface area contributed by atoms with Gasteiger partial charge in [-0.25, -0.2) is 17.2 Å². The van der Waals surface area contributed by atoms with Crippen molar-refractivity contribution >= 4 is 27.7 Å². The van der Waals surface area contributed by atoms with Crippen molar-refractivity contribution in [3.05, 3.63) is 18.0 Å². The average Bonchev–Trinajstić information content (AvgIpc) is 3.04. The van der Waals surface area contributed by atoms with E-state index < -0.39 is 34.9 Å². The van der Waals surface area contributed by atoms with Crippen molar-refractivity contribution in [1.82, 2.24) is 14.6 Å². The highest BCUT2D eigenvalue weighted by atomic mass is 32.2. The molecule has 0 spiro atoms. The molecule has 1 aliphatic heterocycles. The second-order valence-electron chi connectivity index (χ2n) is 5.01. The van der Waals surface area contributed by atoms with Crippen LogP contribution in [-0.4, -0.2) is 67.2 Å². The zero-order valence-electron chi connectivity index (χ0n) is 12.2. The van der Waals surface area contributed by atoms with Crippen LogP contribution in [0.3, 0.4) is 0 Å². The molecule has 0 unspecified atom stereocenters. The molecule has 23 heavy (non-hydrogen) atoms. The molecule has 0 aliphatic carbocycles. The number of nitrogens with zero attached hydrogens (tertiary/aromatic N) is 1. The minimum absolute atomic E-state index is 0.0554. The van der Waals surface area contributed by atoms with Gasteiger partial charge in [0.25, 0.3) is 11.8 Å². The topological polar surface area (TPSA) is 108 Å². The van der Waals surface area contributed by atoms with Crippen LogP contribution in [0, 0.1) is 0 Å². The van der Waals surface area contributed by atoms with Crippen molar-refractivity contribution in [1.29, 1.82) is 0 Å². The maximum absolute atomic E-state index is 13.0. The van der Waals surface area contributed by atoms with Gasteiger partial charge in [0.05, 0.1) is 13.1 Å². The van der Waals surface area contributed by atoms with Crippen molar-refractivity contribution in [3.8, 4) is 0 Å². The number of sulfonamides is 1. The van der Waals surface area contributed by atoms with Crippen LogP contribution >= 0.6 is 11.8 Å². The van der Waals surface area contributed by atoms with E-state index in [-0.39, 0.29) is 10.6 Å². The number of amides is 1. The molecule has 4 N–H and O–H groups in total. The lowest BCUT2D eigenvalue weighted by Crippen LogP contribution is -2.41. The highest BCUT2D eigenvalue weighted by Crippen LogP contribution is 2.21. The molecule has 7 nitrogen and oxygen atoms in total. The Balaban J connectivity index is 2.06. The Morgan fingerprint density at radius 2 is 2.09 bits per heavy atom. The van der Waals surface area contributed by atoms with Crippen molar-refractivity contribution in [2.75, 3.05) is 37.7 Å². The number of alkyl halides is 2.